The van der Waals surface area contributed by atoms with Gasteiger partial charge < -0.3 is 15.2 Å². The van der Waals surface area contributed by atoms with Crippen LogP contribution in [0.4, 0.5) is 0 Å². The SMILES string of the molecule is CN(C)C(CNC(=O)CSCc1nc2sc3c(c2c(=O)[nH]1)CCCC3)c1ccccc1. The molecule has 1 unspecified atom stereocenters. The quantitative estimate of drug-likeness (QED) is 0.542. The van der Waals surface area contributed by atoms with E-state index in [2.05, 4.69) is 32.3 Å². The number of rotatable bonds is 8. The summed E-state index contributed by atoms with van der Waals surface area (Å²) >= 11 is 3.12. The first-order chi connectivity index (χ1) is 15.0. The van der Waals surface area contributed by atoms with Crippen molar-refractivity contribution in [1.82, 2.24) is 20.2 Å². The van der Waals surface area contributed by atoms with Gasteiger partial charge in [-0.05, 0) is 50.9 Å². The standard InChI is InChI=1S/C23H28N4O2S2/c1-27(2)17(15-8-4-3-5-9-15)12-24-20(28)14-30-13-19-25-22(29)21-16-10-6-7-11-18(16)31-23(21)26-19/h3-5,8-9,17H,6-7,10-14H2,1-2H3,(H,24,28)(H,25,26,29). The minimum Gasteiger partial charge on any atom is -0.353 e. The Morgan fingerprint density at radius 2 is 2.03 bits per heavy atom. The number of aromatic amines is 1. The lowest BCUT2D eigenvalue weighted by Gasteiger charge is -2.25. The van der Waals surface area contributed by atoms with Crippen LogP contribution in [0.2, 0.25) is 0 Å². The maximum atomic E-state index is 12.6. The molecule has 6 nitrogen and oxygen atoms in total. The largest absolute Gasteiger partial charge is 0.353 e. The lowest BCUT2D eigenvalue weighted by Crippen LogP contribution is -2.35. The van der Waals surface area contributed by atoms with Crippen molar-refractivity contribution in [2.24, 2.45) is 0 Å². The van der Waals surface area contributed by atoms with Gasteiger partial charge in [0.05, 0.1) is 22.9 Å². The van der Waals surface area contributed by atoms with Crippen molar-refractivity contribution in [3.63, 3.8) is 0 Å². The first-order valence-electron chi connectivity index (χ1n) is 10.6. The number of fused-ring (bicyclic) bond motifs is 3. The molecule has 1 aromatic carbocycles. The number of carbonyl (C=O) groups is 1. The van der Waals surface area contributed by atoms with Gasteiger partial charge in [0.15, 0.2) is 0 Å². The predicted octanol–water partition coefficient (Wildman–Crippen LogP) is 3.52. The summed E-state index contributed by atoms with van der Waals surface area (Å²) < 4.78 is 0. The zero-order chi connectivity index (χ0) is 21.8. The average Bonchev–Trinajstić information content (AvgIpc) is 3.13. The van der Waals surface area contributed by atoms with Crippen LogP contribution in [0, 0.1) is 0 Å². The van der Waals surface area contributed by atoms with Crippen molar-refractivity contribution in [1.29, 1.82) is 0 Å². The van der Waals surface area contributed by atoms with E-state index in [-0.39, 0.29) is 17.5 Å². The van der Waals surface area contributed by atoms with Crippen LogP contribution < -0.4 is 10.9 Å². The fourth-order valence-electron chi connectivity index (χ4n) is 4.05. The van der Waals surface area contributed by atoms with Gasteiger partial charge in [-0.3, -0.25) is 9.59 Å². The summed E-state index contributed by atoms with van der Waals surface area (Å²) in [6.45, 7) is 0.554. The Kier molecular flexibility index (Phi) is 7.09. The number of carbonyl (C=O) groups excluding carboxylic acids is 1. The van der Waals surface area contributed by atoms with E-state index in [9.17, 15) is 9.59 Å². The Bertz CT molecular complexity index is 1110. The van der Waals surface area contributed by atoms with Crippen LogP contribution in [0.5, 0.6) is 0 Å². The normalized spacial score (nSPS) is 14.5. The fourth-order valence-corrected chi connectivity index (χ4v) is 6.05. The molecule has 0 aliphatic heterocycles. The molecular formula is C23H28N4O2S2. The molecule has 0 radical (unpaired) electrons. The number of thiophene rings is 1. The molecule has 3 aromatic rings. The molecule has 0 spiro atoms. The Hall–Kier alpha value is -2.16. The Labute approximate surface area is 190 Å². The van der Waals surface area contributed by atoms with Crippen LogP contribution in [0.25, 0.3) is 10.2 Å². The molecule has 8 heteroatoms. The minimum absolute atomic E-state index is 0.0113. The molecule has 0 saturated heterocycles. The third kappa shape index (κ3) is 5.19. The minimum atomic E-state index is -0.0406. The van der Waals surface area contributed by atoms with Crippen molar-refractivity contribution < 1.29 is 4.79 Å². The molecule has 2 heterocycles. The summed E-state index contributed by atoms with van der Waals surface area (Å²) in [6.07, 6.45) is 4.36. The highest BCUT2D eigenvalue weighted by Crippen LogP contribution is 2.33. The lowest BCUT2D eigenvalue weighted by atomic mass is 9.97. The smallest absolute Gasteiger partial charge is 0.259 e. The summed E-state index contributed by atoms with van der Waals surface area (Å²) in [5.41, 5.74) is 2.34. The number of hydrogen-bond acceptors (Lipinski definition) is 6. The number of thioether (sulfide) groups is 1. The number of nitrogens with zero attached hydrogens (tertiary/aromatic N) is 2. The molecule has 31 heavy (non-hydrogen) atoms. The highest BCUT2D eigenvalue weighted by molar-refractivity contribution is 7.99. The van der Waals surface area contributed by atoms with Crippen LogP contribution in [0.3, 0.4) is 0 Å². The molecule has 0 bridgehead atoms. The van der Waals surface area contributed by atoms with Crippen LogP contribution in [-0.2, 0) is 23.4 Å². The molecule has 1 aliphatic carbocycles. The summed E-state index contributed by atoms with van der Waals surface area (Å²) in [7, 11) is 4.03. The van der Waals surface area contributed by atoms with Gasteiger partial charge >= 0.3 is 0 Å². The maximum absolute atomic E-state index is 12.6. The number of aryl methyl sites for hydroxylation is 2. The summed E-state index contributed by atoms with van der Waals surface area (Å²) in [4.78, 5) is 36.9. The van der Waals surface area contributed by atoms with Crippen molar-refractivity contribution in [2.45, 2.75) is 37.5 Å². The van der Waals surface area contributed by atoms with Crippen LogP contribution >= 0.6 is 23.1 Å². The van der Waals surface area contributed by atoms with Crippen molar-refractivity contribution in [3.05, 3.63) is 62.5 Å². The van der Waals surface area contributed by atoms with Crippen molar-refractivity contribution >= 4 is 39.2 Å². The third-order valence-electron chi connectivity index (χ3n) is 5.65. The molecule has 1 amide bonds. The summed E-state index contributed by atoms with van der Waals surface area (Å²) in [5, 5.41) is 3.81. The number of aromatic nitrogens is 2. The van der Waals surface area contributed by atoms with E-state index in [4.69, 9.17) is 0 Å². The van der Waals surface area contributed by atoms with Crippen LogP contribution in [0.1, 0.15) is 40.7 Å². The summed E-state index contributed by atoms with van der Waals surface area (Å²) in [6, 6.07) is 10.3. The number of amides is 1. The second-order valence-electron chi connectivity index (χ2n) is 8.09. The van der Waals surface area contributed by atoms with E-state index < -0.39 is 0 Å². The van der Waals surface area contributed by atoms with E-state index in [1.54, 1.807) is 11.3 Å². The van der Waals surface area contributed by atoms with E-state index in [1.807, 2.05) is 32.3 Å². The van der Waals surface area contributed by atoms with Gasteiger partial charge in [-0.1, -0.05) is 30.3 Å². The molecular weight excluding hydrogens is 428 g/mol. The van der Waals surface area contributed by atoms with Gasteiger partial charge in [-0.2, -0.15) is 0 Å². The third-order valence-corrected chi connectivity index (χ3v) is 7.78. The first kappa shape index (κ1) is 22.0. The van der Waals surface area contributed by atoms with E-state index in [1.165, 1.54) is 34.2 Å². The molecule has 4 rings (SSSR count). The highest BCUT2D eigenvalue weighted by atomic mass is 32.2. The zero-order valence-electron chi connectivity index (χ0n) is 17.9. The van der Waals surface area contributed by atoms with Gasteiger partial charge in [0.25, 0.3) is 5.56 Å². The molecule has 1 atom stereocenters. The van der Waals surface area contributed by atoms with Crippen LogP contribution in [0.15, 0.2) is 35.1 Å². The lowest BCUT2D eigenvalue weighted by molar-refractivity contribution is -0.118. The number of likely N-dealkylation sites (N-methyl/N-ethyl adjacent to an activating group) is 1. The average molecular weight is 457 g/mol. The highest BCUT2D eigenvalue weighted by Gasteiger charge is 2.20. The molecule has 1 aliphatic rings. The number of hydrogen-bond donors (Lipinski definition) is 2. The van der Waals surface area contributed by atoms with Gasteiger partial charge in [0, 0.05) is 11.4 Å². The van der Waals surface area contributed by atoms with E-state index in [0.29, 0.717) is 23.9 Å². The van der Waals surface area contributed by atoms with Gasteiger partial charge in [0.1, 0.15) is 10.7 Å². The van der Waals surface area contributed by atoms with Gasteiger partial charge in [-0.15, -0.1) is 23.1 Å². The number of nitrogens with one attached hydrogen (secondary N) is 2. The second-order valence-corrected chi connectivity index (χ2v) is 10.2. The Morgan fingerprint density at radius 1 is 1.26 bits per heavy atom. The monoisotopic (exact) mass is 456 g/mol. The van der Waals surface area contributed by atoms with Crippen molar-refractivity contribution in [2.75, 3.05) is 26.4 Å². The molecule has 164 valence electrons. The Morgan fingerprint density at radius 3 is 2.81 bits per heavy atom. The molecule has 2 N–H and O–H groups in total. The van der Waals surface area contributed by atoms with E-state index >= 15 is 0 Å². The molecule has 2 aromatic heterocycles. The zero-order valence-corrected chi connectivity index (χ0v) is 19.6. The maximum Gasteiger partial charge on any atom is 0.259 e. The predicted molar refractivity (Wildman–Crippen MR) is 129 cm³/mol. The topological polar surface area (TPSA) is 78.1 Å². The van der Waals surface area contributed by atoms with E-state index in [0.717, 1.165) is 29.5 Å². The number of benzene rings is 1. The number of H-pyrrole nitrogens is 1. The van der Waals surface area contributed by atoms with Crippen molar-refractivity contribution in [3.8, 4) is 0 Å². The van der Waals surface area contributed by atoms with Crippen LogP contribution in [-0.4, -0.2) is 47.2 Å². The first-order valence-corrected chi connectivity index (χ1v) is 12.6. The molecule has 0 saturated carbocycles. The summed E-state index contributed by atoms with van der Waals surface area (Å²) in [5.74, 6) is 1.47. The fraction of sp³-hybridized carbons (Fsp3) is 0.435. The van der Waals surface area contributed by atoms with Gasteiger partial charge in [0.2, 0.25) is 5.91 Å². The molecule has 0 fully saturated rings. The second kappa shape index (κ2) is 9.97. The van der Waals surface area contributed by atoms with Gasteiger partial charge in [-0.25, -0.2) is 4.98 Å². The Balaban J connectivity index is 1.32.